The molecule has 1 aromatic heterocycles. The SMILES string of the molecule is Cc1cc(S(=O)(=O)NC(C(=O)O)C(C)C)sc1Br. The van der Waals surface area contributed by atoms with E-state index in [1.165, 1.54) is 6.07 Å². The van der Waals surface area contributed by atoms with Crippen molar-refractivity contribution >= 4 is 43.3 Å². The fourth-order valence-electron chi connectivity index (χ4n) is 1.26. The molecule has 2 N–H and O–H groups in total. The van der Waals surface area contributed by atoms with Crippen LogP contribution in [0.5, 0.6) is 0 Å². The van der Waals surface area contributed by atoms with Crippen molar-refractivity contribution in [1.82, 2.24) is 4.72 Å². The van der Waals surface area contributed by atoms with E-state index in [9.17, 15) is 13.2 Å². The van der Waals surface area contributed by atoms with E-state index in [2.05, 4.69) is 20.7 Å². The number of nitrogens with one attached hydrogen (secondary N) is 1. The predicted octanol–water partition coefficient (Wildman–Crippen LogP) is 2.21. The summed E-state index contributed by atoms with van der Waals surface area (Å²) in [4.78, 5) is 11.0. The van der Waals surface area contributed by atoms with Gasteiger partial charge in [0, 0.05) is 0 Å². The highest BCUT2D eigenvalue weighted by Gasteiger charge is 2.29. The summed E-state index contributed by atoms with van der Waals surface area (Å²) in [7, 11) is -3.79. The lowest BCUT2D eigenvalue weighted by molar-refractivity contribution is -0.140. The Bertz CT molecular complexity index is 531. The molecule has 1 heterocycles. The van der Waals surface area contributed by atoms with Crippen LogP contribution < -0.4 is 4.72 Å². The highest BCUT2D eigenvalue weighted by Crippen LogP contribution is 2.30. The molecule has 0 aliphatic carbocycles. The van der Waals surface area contributed by atoms with Gasteiger partial charge in [0.05, 0.1) is 3.79 Å². The monoisotopic (exact) mass is 355 g/mol. The van der Waals surface area contributed by atoms with Crippen molar-refractivity contribution in [2.24, 2.45) is 5.92 Å². The van der Waals surface area contributed by atoms with Crippen LogP contribution in [0, 0.1) is 12.8 Å². The molecule has 0 saturated carbocycles. The summed E-state index contributed by atoms with van der Waals surface area (Å²) in [5.41, 5.74) is 0.803. The third kappa shape index (κ3) is 3.53. The van der Waals surface area contributed by atoms with Crippen LogP contribution in [0.4, 0.5) is 0 Å². The maximum atomic E-state index is 12.0. The lowest BCUT2D eigenvalue weighted by atomic mass is 10.1. The van der Waals surface area contributed by atoms with Gasteiger partial charge in [-0.2, -0.15) is 4.72 Å². The van der Waals surface area contributed by atoms with Gasteiger partial charge < -0.3 is 5.11 Å². The molecule has 0 spiro atoms. The molecule has 0 fully saturated rings. The number of sulfonamides is 1. The molecule has 0 bridgehead atoms. The third-order valence-electron chi connectivity index (χ3n) is 2.31. The Balaban J connectivity index is 3.04. The van der Waals surface area contributed by atoms with Gasteiger partial charge in [0.2, 0.25) is 0 Å². The smallest absolute Gasteiger partial charge is 0.322 e. The molecule has 18 heavy (non-hydrogen) atoms. The van der Waals surface area contributed by atoms with Crippen LogP contribution in [0.25, 0.3) is 0 Å². The van der Waals surface area contributed by atoms with Gasteiger partial charge in [-0.05, 0) is 40.4 Å². The van der Waals surface area contributed by atoms with Crippen molar-refractivity contribution in [3.8, 4) is 0 Å². The fraction of sp³-hybridized carbons (Fsp3) is 0.500. The number of aryl methyl sites for hydroxylation is 1. The Labute approximate surface area is 118 Å². The van der Waals surface area contributed by atoms with Crippen LogP contribution in [0.3, 0.4) is 0 Å². The maximum Gasteiger partial charge on any atom is 0.322 e. The van der Waals surface area contributed by atoms with Crippen molar-refractivity contribution in [2.75, 3.05) is 0 Å². The largest absolute Gasteiger partial charge is 0.480 e. The van der Waals surface area contributed by atoms with Gasteiger partial charge >= 0.3 is 5.97 Å². The molecule has 1 atom stereocenters. The molecule has 0 aromatic carbocycles. The first-order chi connectivity index (χ1) is 8.15. The number of carbonyl (C=O) groups is 1. The molecule has 0 aliphatic rings. The lowest BCUT2D eigenvalue weighted by Gasteiger charge is -2.17. The van der Waals surface area contributed by atoms with Crippen molar-refractivity contribution in [3.63, 3.8) is 0 Å². The minimum atomic E-state index is -3.79. The number of hydrogen-bond donors (Lipinski definition) is 2. The summed E-state index contributed by atoms with van der Waals surface area (Å²) < 4.78 is 27.1. The molecule has 5 nitrogen and oxygen atoms in total. The van der Waals surface area contributed by atoms with Crippen molar-refractivity contribution in [1.29, 1.82) is 0 Å². The Morgan fingerprint density at radius 3 is 2.39 bits per heavy atom. The molecule has 1 unspecified atom stereocenters. The summed E-state index contributed by atoms with van der Waals surface area (Å²) in [5, 5.41) is 8.98. The Morgan fingerprint density at radius 2 is 2.06 bits per heavy atom. The highest BCUT2D eigenvalue weighted by molar-refractivity contribution is 9.11. The molecule has 0 aliphatic heterocycles. The van der Waals surface area contributed by atoms with E-state index >= 15 is 0 Å². The average molecular weight is 356 g/mol. The Kier molecular flexibility index (Phi) is 4.93. The quantitative estimate of drug-likeness (QED) is 0.847. The van der Waals surface area contributed by atoms with E-state index in [0.29, 0.717) is 0 Å². The first kappa shape index (κ1) is 15.6. The molecule has 0 radical (unpaired) electrons. The maximum absolute atomic E-state index is 12.0. The highest BCUT2D eigenvalue weighted by atomic mass is 79.9. The molecule has 102 valence electrons. The first-order valence-corrected chi connectivity index (χ1v) is 8.25. The summed E-state index contributed by atoms with van der Waals surface area (Å²) in [6.45, 7) is 5.07. The van der Waals surface area contributed by atoms with Crippen LogP contribution in [0.15, 0.2) is 14.1 Å². The molecular weight excluding hydrogens is 342 g/mol. The predicted molar refractivity (Wildman–Crippen MR) is 73.3 cm³/mol. The van der Waals surface area contributed by atoms with Crippen LogP contribution in [0.2, 0.25) is 0 Å². The molecule has 0 saturated heterocycles. The van der Waals surface area contributed by atoms with Gasteiger partial charge in [0.15, 0.2) is 0 Å². The van der Waals surface area contributed by atoms with Gasteiger partial charge in [0.25, 0.3) is 10.0 Å². The summed E-state index contributed by atoms with van der Waals surface area (Å²) in [6, 6.07) is 0.382. The van der Waals surface area contributed by atoms with Crippen molar-refractivity contribution in [3.05, 3.63) is 15.4 Å². The van der Waals surface area contributed by atoms with Crippen LogP contribution in [-0.4, -0.2) is 25.5 Å². The summed E-state index contributed by atoms with van der Waals surface area (Å²) >= 11 is 4.30. The van der Waals surface area contributed by atoms with Gasteiger partial charge in [-0.3, -0.25) is 4.79 Å². The summed E-state index contributed by atoms with van der Waals surface area (Å²) in [6.07, 6.45) is 0. The number of rotatable bonds is 5. The molecule has 8 heteroatoms. The zero-order valence-corrected chi connectivity index (χ0v) is 13.3. The minimum Gasteiger partial charge on any atom is -0.480 e. The number of hydrogen-bond acceptors (Lipinski definition) is 4. The van der Waals surface area contributed by atoms with Gasteiger partial charge in [-0.25, -0.2) is 8.42 Å². The number of halogens is 1. The fourth-order valence-corrected chi connectivity index (χ4v) is 4.84. The third-order valence-corrected chi connectivity index (χ3v) is 6.37. The number of carboxylic acids is 1. The average Bonchev–Trinajstić information content (AvgIpc) is 2.56. The van der Waals surface area contributed by atoms with Gasteiger partial charge in [-0.15, -0.1) is 11.3 Å². The number of thiophene rings is 1. The molecular formula is C10H14BrNO4S2. The Morgan fingerprint density at radius 1 is 1.50 bits per heavy atom. The normalized spacial score (nSPS) is 13.8. The van der Waals surface area contributed by atoms with Gasteiger partial charge in [0.1, 0.15) is 10.3 Å². The molecule has 0 amide bonds. The number of carboxylic acid groups (broad SMARTS) is 1. The van der Waals surface area contributed by atoms with E-state index < -0.39 is 22.0 Å². The van der Waals surface area contributed by atoms with E-state index in [1.807, 2.05) is 0 Å². The lowest BCUT2D eigenvalue weighted by Crippen LogP contribution is -2.43. The second-order valence-corrected chi connectivity index (χ2v) is 8.51. The van der Waals surface area contributed by atoms with E-state index in [0.717, 1.165) is 20.7 Å². The first-order valence-electron chi connectivity index (χ1n) is 5.16. The molecule has 1 rings (SSSR count). The van der Waals surface area contributed by atoms with Crippen molar-refractivity contribution < 1.29 is 18.3 Å². The number of aliphatic carboxylic acids is 1. The standard InChI is InChI=1S/C10H14BrNO4S2/c1-5(2)8(10(13)14)12-18(15,16)7-4-6(3)9(11)17-7/h4-5,8,12H,1-3H3,(H,13,14). The topological polar surface area (TPSA) is 83.5 Å². The second-order valence-electron chi connectivity index (χ2n) is 4.20. The zero-order chi connectivity index (χ0) is 14.1. The Hall–Kier alpha value is -0.440. The van der Waals surface area contributed by atoms with E-state index in [4.69, 9.17) is 5.11 Å². The minimum absolute atomic E-state index is 0.110. The van der Waals surface area contributed by atoms with Crippen LogP contribution in [0.1, 0.15) is 19.4 Å². The summed E-state index contributed by atoms with van der Waals surface area (Å²) in [5.74, 6) is -1.51. The van der Waals surface area contributed by atoms with Crippen LogP contribution >= 0.6 is 27.3 Å². The van der Waals surface area contributed by atoms with Crippen LogP contribution in [-0.2, 0) is 14.8 Å². The zero-order valence-electron chi connectivity index (χ0n) is 10.1. The van der Waals surface area contributed by atoms with Gasteiger partial charge in [-0.1, -0.05) is 13.8 Å². The van der Waals surface area contributed by atoms with E-state index in [1.54, 1.807) is 20.8 Å². The van der Waals surface area contributed by atoms with Crippen molar-refractivity contribution in [2.45, 2.75) is 31.0 Å². The second kappa shape index (κ2) is 5.68. The molecule has 1 aromatic rings. The van der Waals surface area contributed by atoms with E-state index in [-0.39, 0.29) is 10.1 Å².